The van der Waals surface area contributed by atoms with Gasteiger partial charge < -0.3 is 9.47 Å². The van der Waals surface area contributed by atoms with Gasteiger partial charge in [-0.05, 0) is 64.4 Å². The molecule has 7 aromatic carbocycles. The molecule has 0 saturated carbocycles. The van der Waals surface area contributed by atoms with Crippen LogP contribution in [0.4, 0.5) is 0 Å². The fourth-order valence-electron chi connectivity index (χ4n) is 9.19. The van der Waals surface area contributed by atoms with Crippen LogP contribution in [0.5, 0.6) is 0 Å². The van der Waals surface area contributed by atoms with Crippen LogP contribution >= 0.6 is 0 Å². The van der Waals surface area contributed by atoms with Gasteiger partial charge in [-0.25, -0.2) is 24.9 Å². The summed E-state index contributed by atoms with van der Waals surface area (Å²) in [5.74, 6) is 3.29. The van der Waals surface area contributed by atoms with E-state index in [2.05, 4.69) is 161 Å². The molecule has 3 heterocycles. The zero-order valence-corrected chi connectivity index (χ0v) is 38.3. The van der Waals surface area contributed by atoms with Crippen LogP contribution in [0.1, 0.15) is 81.1 Å². The smallest absolute Gasteiger partial charge is 0.164 e. The third-order valence-corrected chi connectivity index (χ3v) is 12.4. The van der Waals surface area contributed by atoms with Crippen LogP contribution in [0.2, 0.25) is 0 Å². The Morgan fingerprint density at radius 1 is 0.515 bits per heavy atom. The summed E-state index contributed by atoms with van der Waals surface area (Å²) in [7, 11) is 2.07. The quantitative estimate of drug-likeness (QED) is 0.159. The molecule has 1 unspecified atom stereocenters. The van der Waals surface area contributed by atoms with Crippen molar-refractivity contribution in [1.82, 2.24) is 24.4 Å². The van der Waals surface area contributed by atoms with Crippen molar-refractivity contribution >= 4 is 33.5 Å². The fourth-order valence-corrected chi connectivity index (χ4v) is 9.19. The van der Waals surface area contributed by atoms with E-state index in [1.807, 2.05) is 72.8 Å². The first-order valence-corrected chi connectivity index (χ1v) is 22.4. The standard InChI is InChI=1S/C58H50N8/c1-57(2,3)46-27-17-14-25-42(46)54-63-55(43-26-15-18-28-47(43)58(4,5)6)65(7)56(64-54)45-34-37(36-59)30-32-50(45)66-48-29-19-16-24-41(48)44-35-40(31-33-49(44)66)53-61-51(38-20-10-8-11-21-38)60-52(62-53)39-22-12-9-13-23-39/h8-35,56H,1-7H3. The summed E-state index contributed by atoms with van der Waals surface area (Å²) < 4.78 is 2.31. The number of amidine groups is 2. The average molecular weight is 859 g/mol. The van der Waals surface area contributed by atoms with Gasteiger partial charge in [0.1, 0.15) is 5.84 Å². The predicted molar refractivity (Wildman–Crippen MR) is 269 cm³/mol. The first-order chi connectivity index (χ1) is 31.9. The lowest BCUT2D eigenvalue weighted by Crippen LogP contribution is -2.38. The molecule has 0 bridgehead atoms. The number of fused-ring (bicyclic) bond motifs is 3. The topological polar surface area (TPSA) is 95.3 Å². The van der Waals surface area contributed by atoms with E-state index in [9.17, 15) is 5.26 Å². The van der Waals surface area contributed by atoms with Crippen molar-refractivity contribution in [3.63, 3.8) is 0 Å². The fraction of sp³-hybridized carbons (Fsp3) is 0.172. The number of hydrogen-bond acceptors (Lipinski definition) is 7. The first kappa shape index (κ1) is 42.0. The van der Waals surface area contributed by atoms with Crippen molar-refractivity contribution in [3.05, 3.63) is 203 Å². The largest absolute Gasteiger partial charge is 0.333 e. The summed E-state index contributed by atoms with van der Waals surface area (Å²) in [5, 5.41) is 12.6. The van der Waals surface area contributed by atoms with Crippen molar-refractivity contribution in [2.45, 2.75) is 58.5 Å². The van der Waals surface area contributed by atoms with Gasteiger partial charge in [-0.1, -0.05) is 169 Å². The second kappa shape index (κ2) is 16.5. The third-order valence-electron chi connectivity index (χ3n) is 12.4. The Hall–Kier alpha value is -8.02. The predicted octanol–water partition coefficient (Wildman–Crippen LogP) is 13.3. The number of para-hydroxylation sites is 1. The van der Waals surface area contributed by atoms with Crippen LogP contribution in [0.3, 0.4) is 0 Å². The van der Waals surface area contributed by atoms with Crippen molar-refractivity contribution in [3.8, 4) is 45.9 Å². The molecule has 9 aromatic rings. The molecule has 0 aliphatic carbocycles. The summed E-state index contributed by atoms with van der Waals surface area (Å²) in [6.07, 6.45) is -0.551. The summed E-state index contributed by atoms with van der Waals surface area (Å²) >= 11 is 0. The zero-order valence-electron chi connectivity index (χ0n) is 38.3. The molecule has 0 amide bonds. The van der Waals surface area contributed by atoms with E-state index in [4.69, 9.17) is 24.9 Å². The minimum Gasteiger partial charge on any atom is -0.333 e. The highest BCUT2D eigenvalue weighted by atomic mass is 15.3. The summed E-state index contributed by atoms with van der Waals surface area (Å²) in [6, 6.07) is 60.5. The Balaban J connectivity index is 1.19. The SMILES string of the molecule is CN1C(c2ccccc2C(C)(C)C)=NC(c2ccccc2C(C)(C)C)=NC1c1cc(C#N)ccc1-n1c2ccccc2c2cc(-c3nc(-c4ccccc4)nc(-c4ccccc4)n3)ccc21. The van der Waals surface area contributed by atoms with E-state index in [1.165, 1.54) is 5.56 Å². The van der Waals surface area contributed by atoms with E-state index in [-0.39, 0.29) is 10.8 Å². The zero-order chi connectivity index (χ0) is 45.7. The molecule has 66 heavy (non-hydrogen) atoms. The third kappa shape index (κ3) is 7.62. The van der Waals surface area contributed by atoms with Crippen LogP contribution < -0.4 is 0 Å². The van der Waals surface area contributed by atoms with Crippen molar-refractivity contribution in [1.29, 1.82) is 5.26 Å². The lowest BCUT2D eigenvalue weighted by molar-refractivity contribution is 0.381. The minimum atomic E-state index is -0.551. The van der Waals surface area contributed by atoms with Gasteiger partial charge in [-0.15, -0.1) is 0 Å². The highest BCUT2D eigenvalue weighted by Gasteiger charge is 2.33. The minimum absolute atomic E-state index is 0.158. The number of benzene rings is 7. The van der Waals surface area contributed by atoms with E-state index >= 15 is 0 Å². The van der Waals surface area contributed by atoms with Gasteiger partial charge in [0.25, 0.3) is 0 Å². The molecule has 2 aromatic heterocycles. The maximum Gasteiger partial charge on any atom is 0.164 e. The molecule has 1 aliphatic heterocycles. The number of hydrogen-bond donors (Lipinski definition) is 0. The van der Waals surface area contributed by atoms with E-state index < -0.39 is 6.17 Å². The summed E-state index contributed by atoms with van der Waals surface area (Å²) in [5.41, 5.74) is 11.1. The number of aliphatic imine (C=N–C) groups is 2. The average Bonchev–Trinajstić information content (AvgIpc) is 3.67. The highest BCUT2D eigenvalue weighted by Crippen LogP contribution is 2.41. The molecule has 0 fully saturated rings. The van der Waals surface area contributed by atoms with Gasteiger partial charge in [0.05, 0.1) is 28.4 Å². The van der Waals surface area contributed by atoms with Crippen LogP contribution in [-0.2, 0) is 10.8 Å². The first-order valence-electron chi connectivity index (χ1n) is 22.4. The molecule has 0 spiro atoms. The lowest BCUT2D eigenvalue weighted by Gasteiger charge is -2.36. The van der Waals surface area contributed by atoms with Crippen molar-refractivity contribution < 1.29 is 0 Å². The van der Waals surface area contributed by atoms with Gasteiger partial charge in [0.15, 0.2) is 29.5 Å². The van der Waals surface area contributed by atoms with Gasteiger partial charge in [-0.2, -0.15) is 5.26 Å². The number of aromatic nitrogens is 4. The lowest BCUT2D eigenvalue weighted by atomic mass is 9.82. The molecular weight excluding hydrogens is 809 g/mol. The molecule has 0 radical (unpaired) electrons. The summed E-state index contributed by atoms with van der Waals surface area (Å²) in [6.45, 7) is 13.4. The molecule has 0 saturated heterocycles. The van der Waals surface area contributed by atoms with Crippen LogP contribution in [0, 0.1) is 11.3 Å². The van der Waals surface area contributed by atoms with Crippen molar-refractivity contribution in [2.75, 3.05) is 7.05 Å². The Bertz CT molecular complexity index is 3360. The van der Waals surface area contributed by atoms with Gasteiger partial charge in [-0.3, -0.25) is 0 Å². The molecule has 10 rings (SSSR count). The Morgan fingerprint density at radius 3 is 1.67 bits per heavy atom. The molecule has 8 nitrogen and oxygen atoms in total. The van der Waals surface area contributed by atoms with E-state index in [0.717, 1.165) is 72.3 Å². The van der Waals surface area contributed by atoms with Crippen LogP contribution in [0.25, 0.3) is 61.7 Å². The second-order valence-corrected chi connectivity index (χ2v) is 19.0. The van der Waals surface area contributed by atoms with E-state index in [1.54, 1.807) is 0 Å². The molecule has 1 atom stereocenters. The van der Waals surface area contributed by atoms with Crippen molar-refractivity contribution in [2.24, 2.45) is 9.98 Å². The Morgan fingerprint density at radius 2 is 1.05 bits per heavy atom. The Labute approximate surface area is 386 Å². The molecule has 322 valence electrons. The molecular formula is C58H50N8. The maximum atomic E-state index is 10.5. The molecule has 0 N–H and O–H groups in total. The monoisotopic (exact) mass is 858 g/mol. The number of nitrogens with zero attached hydrogens (tertiary/aromatic N) is 8. The number of rotatable bonds is 7. The normalized spacial score (nSPS) is 14.3. The highest BCUT2D eigenvalue weighted by molar-refractivity contribution is 6.14. The maximum absolute atomic E-state index is 10.5. The summed E-state index contributed by atoms with van der Waals surface area (Å²) in [4.78, 5) is 28.3. The molecule has 1 aliphatic rings. The van der Waals surface area contributed by atoms with Gasteiger partial charge in [0, 0.05) is 51.2 Å². The van der Waals surface area contributed by atoms with Crippen LogP contribution in [-0.4, -0.2) is 43.1 Å². The Kier molecular flexibility index (Phi) is 10.5. The van der Waals surface area contributed by atoms with Crippen LogP contribution in [0.15, 0.2) is 180 Å². The van der Waals surface area contributed by atoms with E-state index in [0.29, 0.717) is 28.9 Å². The second-order valence-electron chi connectivity index (χ2n) is 19.0. The van der Waals surface area contributed by atoms with Gasteiger partial charge >= 0.3 is 0 Å². The van der Waals surface area contributed by atoms with Gasteiger partial charge in [0.2, 0.25) is 0 Å². The molecule has 8 heteroatoms. The number of nitriles is 1.